The van der Waals surface area contributed by atoms with Crippen LogP contribution in [0.2, 0.25) is 0 Å². The number of benzene rings is 8. The molecule has 0 saturated heterocycles. The van der Waals surface area contributed by atoms with Crippen LogP contribution < -0.4 is 0 Å². The van der Waals surface area contributed by atoms with Crippen molar-refractivity contribution in [2.24, 2.45) is 0 Å². The molecule has 0 aliphatic heterocycles. The molecule has 15 heteroatoms. The van der Waals surface area contributed by atoms with Gasteiger partial charge >= 0.3 is 24.7 Å². The van der Waals surface area contributed by atoms with Gasteiger partial charge in [0.25, 0.3) is 0 Å². The van der Waals surface area contributed by atoms with E-state index >= 15 is 0 Å². The van der Waals surface area contributed by atoms with Gasteiger partial charge in [-0.3, -0.25) is 0 Å². The molecular weight excluding hydrogens is 931 g/mol. The van der Waals surface area contributed by atoms with Gasteiger partial charge in [-0.1, -0.05) is 90.5 Å². The Labute approximate surface area is 389 Å². The molecule has 350 valence electrons. The summed E-state index contributed by atoms with van der Waals surface area (Å²) >= 11 is 0. The maximum Gasteiger partial charge on any atom is 0.417 e. The van der Waals surface area contributed by atoms with Gasteiger partial charge in [0.05, 0.1) is 62.3 Å². The third-order valence-electron chi connectivity index (χ3n) is 12.5. The highest BCUT2D eigenvalue weighted by Gasteiger charge is 2.39. The molecule has 0 radical (unpaired) electrons. The largest absolute Gasteiger partial charge is 0.417 e. The van der Waals surface area contributed by atoms with Crippen LogP contribution in [0.1, 0.15) is 33.4 Å². The molecule has 0 bridgehead atoms. The number of nitrogens with zero attached hydrogens (tertiary/aromatic N) is 3. The van der Waals surface area contributed by atoms with Crippen LogP contribution in [-0.4, -0.2) is 9.13 Å². The lowest BCUT2D eigenvalue weighted by molar-refractivity contribution is -0.143. The van der Waals surface area contributed by atoms with E-state index in [-0.39, 0.29) is 62.0 Å². The summed E-state index contributed by atoms with van der Waals surface area (Å²) in [6.07, 6.45) is -19.8. The Hall–Kier alpha value is -7.99. The molecule has 0 fully saturated rings. The highest BCUT2D eigenvalue weighted by molar-refractivity contribution is 6.13. The zero-order valence-electron chi connectivity index (χ0n) is 36.3. The number of hydrogen-bond donors (Lipinski definition) is 0. The summed E-state index contributed by atoms with van der Waals surface area (Å²) in [6, 6.07) is 34.6. The number of fused-ring (bicyclic) bond motifs is 6. The molecule has 0 aliphatic carbocycles. The third-order valence-corrected chi connectivity index (χ3v) is 12.5. The highest BCUT2D eigenvalue weighted by Crippen LogP contribution is 2.48. The Morgan fingerprint density at radius 1 is 0.371 bits per heavy atom. The summed E-state index contributed by atoms with van der Waals surface area (Å²) in [5, 5.41) is 2.26. The summed E-state index contributed by atoms with van der Waals surface area (Å²) in [5.74, 6) is 0. The zero-order chi connectivity index (χ0) is 49.8. The Kier molecular flexibility index (Phi) is 10.5. The van der Waals surface area contributed by atoms with Gasteiger partial charge in [-0.25, -0.2) is 4.85 Å². The van der Waals surface area contributed by atoms with E-state index in [1.807, 2.05) is 0 Å². The number of hydrogen-bond acceptors (Lipinski definition) is 0. The summed E-state index contributed by atoms with van der Waals surface area (Å²) in [4.78, 5) is 3.80. The number of para-hydroxylation sites is 2. The molecule has 0 amide bonds. The second kappa shape index (κ2) is 16.0. The molecule has 2 heterocycles. The number of alkyl halides is 12. The molecular formula is C55H31F12N3. The van der Waals surface area contributed by atoms with Crippen molar-refractivity contribution in [3.8, 4) is 44.8 Å². The second-order valence-corrected chi connectivity index (χ2v) is 17.0. The van der Waals surface area contributed by atoms with Gasteiger partial charge in [-0.05, 0) is 120 Å². The van der Waals surface area contributed by atoms with Crippen LogP contribution in [0.25, 0.3) is 93.2 Å². The molecule has 0 N–H and O–H groups in total. The first kappa shape index (κ1) is 45.8. The number of halogens is 12. The van der Waals surface area contributed by atoms with Crippen LogP contribution in [0.15, 0.2) is 152 Å². The Balaban J connectivity index is 1.35. The van der Waals surface area contributed by atoms with Crippen LogP contribution >= 0.6 is 0 Å². The Morgan fingerprint density at radius 3 is 1.37 bits per heavy atom. The van der Waals surface area contributed by atoms with Crippen LogP contribution in [0.4, 0.5) is 58.4 Å². The van der Waals surface area contributed by atoms with Crippen LogP contribution in [0, 0.1) is 20.4 Å². The van der Waals surface area contributed by atoms with Gasteiger partial charge in [0.2, 0.25) is 0 Å². The van der Waals surface area contributed by atoms with Gasteiger partial charge in [-0.2, -0.15) is 52.7 Å². The van der Waals surface area contributed by atoms with Crippen LogP contribution in [0.5, 0.6) is 0 Å². The zero-order valence-corrected chi connectivity index (χ0v) is 36.3. The molecule has 70 heavy (non-hydrogen) atoms. The molecule has 10 aromatic rings. The molecule has 0 saturated carbocycles. The summed E-state index contributed by atoms with van der Waals surface area (Å²) in [5.41, 5.74) is -3.07. The van der Waals surface area contributed by atoms with Crippen molar-refractivity contribution in [1.29, 1.82) is 0 Å². The number of aryl methyl sites for hydroxylation is 2. The lowest BCUT2D eigenvalue weighted by Crippen LogP contribution is -2.12. The van der Waals surface area contributed by atoms with Crippen molar-refractivity contribution in [2.45, 2.75) is 38.6 Å². The first-order chi connectivity index (χ1) is 33.0. The van der Waals surface area contributed by atoms with E-state index in [4.69, 9.17) is 6.57 Å². The predicted molar refractivity (Wildman–Crippen MR) is 247 cm³/mol. The average molecular weight is 962 g/mol. The first-order valence-corrected chi connectivity index (χ1v) is 21.3. The maximum absolute atomic E-state index is 14.7. The monoisotopic (exact) mass is 961 g/mol. The predicted octanol–water partition coefficient (Wildman–Crippen LogP) is 18.1. The van der Waals surface area contributed by atoms with Crippen LogP contribution in [-0.2, 0) is 24.7 Å². The van der Waals surface area contributed by atoms with Crippen molar-refractivity contribution in [3.05, 3.63) is 196 Å². The molecule has 10 rings (SSSR count). The lowest BCUT2D eigenvalue weighted by atomic mass is 9.95. The molecule has 2 aromatic heterocycles. The summed E-state index contributed by atoms with van der Waals surface area (Å²) < 4.78 is 176. The minimum atomic E-state index is -5.23. The van der Waals surface area contributed by atoms with Gasteiger partial charge in [0.1, 0.15) is 0 Å². The molecule has 8 aromatic carbocycles. The maximum atomic E-state index is 14.7. The van der Waals surface area contributed by atoms with E-state index in [2.05, 4.69) is 4.85 Å². The van der Waals surface area contributed by atoms with Gasteiger partial charge in [0.15, 0.2) is 5.69 Å². The van der Waals surface area contributed by atoms with Crippen molar-refractivity contribution in [2.75, 3.05) is 0 Å². The van der Waals surface area contributed by atoms with E-state index in [9.17, 15) is 52.7 Å². The smallest absolute Gasteiger partial charge is 0.308 e. The minimum absolute atomic E-state index is 0.00992. The number of rotatable bonds is 5. The third kappa shape index (κ3) is 7.77. The normalized spacial score (nSPS) is 12.7. The van der Waals surface area contributed by atoms with Gasteiger partial charge in [0, 0.05) is 21.5 Å². The van der Waals surface area contributed by atoms with Crippen molar-refractivity contribution in [1.82, 2.24) is 9.13 Å². The quantitative estimate of drug-likeness (QED) is 0.121. The minimum Gasteiger partial charge on any atom is -0.308 e. The fraction of sp³-hybridized carbons (Fsp3) is 0.109. The Bertz CT molecular complexity index is 3820. The fourth-order valence-corrected chi connectivity index (χ4v) is 9.50. The first-order valence-electron chi connectivity index (χ1n) is 21.3. The topological polar surface area (TPSA) is 14.2 Å². The number of aromatic nitrogens is 2. The molecule has 0 unspecified atom stereocenters. The van der Waals surface area contributed by atoms with E-state index < -0.39 is 52.5 Å². The van der Waals surface area contributed by atoms with Crippen molar-refractivity contribution >= 4 is 49.3 Å². The van der Waals surface area contributed by atoms with E-state index in [1.54, 1.807) is 81.9 Å². The SMILES string of the molecule is [C-]#[N+]c1cc(-n2c3ccccc3c3ccc(-c4ccc(C)cc4C(F)(F)F)cc32)c(-n2c3ccccc3c3ccc(-c4ccc(C(F)(F)F)cc4C(F)(F)F)cc32)cc1-c1cc(C)cc(C(F)(F)F)c1. The van der Waals surface area contributed by atoms with Gasteiger partial charge in [-0.15, -0.1) is 0 Å². The Morgan fingerprint density at radius 2 is 0.857 bits per heavy atom. The molecule has 0 aliphatic rings. The lowest BCUT2D eigenvalue weighted by Gasteiger charge is -2.21. The van der Waals surface area contributed by atoms with E-state index in [0.29, 0.717) is 49.7 Å². The molecule has 3 nitrogen and oxygen atoms in total. The van der Waals surface area contributed by atoms with Crippen LogP contribution in [0.3, 0.4) is 0 Å². The second-order valence-electron chi connectivity index (χ2n) is 17.0. The summed E-state index contributed by atoms with van der Waals surface area (Å²) in [7, 11) is 0. The standard InChI is InChI=1S/C55H31F12N3/c1-29-12-16-36(43(22-29)54(62,63)64)31-13-17-41-39-9-5-7-11-47(39)70(49(41)24-31)51-28-45(68-3)42(33-20-30(2)21-35(23-33)53(59,60)61)27-50(51)69-46-10-6-4-8-38(46)40-18-14-32(25-48(40)69)37-19-15-34(52(56,57)58)26-44(37)55(65,66)67/h4-28H,1-2H3. The average Bonchev–Trinajstić information content (AvgIpc) is 3.81. The van der Waals surface area contributed by atoms with E-state index in [1.165, 1.54) is 56.3 Å². The van der Waals surface area contributed by atoms with Gasteiger partial charge < -0.3 is 9.13 Å². The van der Waals surface area contributed by atoms with E-state index in [0.717, 1.165) is 24.3 Å². The van der Waals surface area contributed by atoms with Crippen molar-refractivity contribution < 1.29 is 52.7 Å². The summed E-state index contributed by atoms with van der Waals surface area (Å²) in [6.45, 7) is 11.4. The van der Waals surface area contributed by atoms with Crippen molar-refractivity contribution in [3.63, 3.8) is 0 Å². The molecule has 0 atom stereocenters. The molecule has 0 spiro atoms. The fourth-order valence-electron chi connectivity index (χ4n) is 9.50. The highest BCUT2D eigenvalue weighted by atomic mass is 19.4.